The molecule has 0 bridgehead atoms. The fourth-order valence-electron chi connectivity index (χ4n) is 3.70. The van der Waals surface area contributed by atoms with E-state index in [1.807, 2.05) is 24.3 Å². The molecule has 3 aromatic rings. The lowest BCUT2D eigenvalue weighted by atomic mass is 9.85. The molecule has 2 aromatic carbocycles. The summed E-state index contributed by atoms with van der Waals surface area (Å²) in [7, 11) is -3.33. The van der Waals surface area contributed by atoms with E-state index in [-0.39, 0.29) is 0 Å². The van der Waals surface area contributed by atoms with E-state index in [1.54, 1.807) is 0 Å². The Bertz CT molecular complexity index is 1010. The number of aryl methyl sites for hydroxylation is 2. The molecule has 22 heavy (non-hydrogen) atoms. The first kappa shape index (κ1) is 13.6. The number of fused-ring (bicyclic) bond motifs is 5. The molecule has 0 amide bonds. The summed E-state index contributed by atoms with van der Waals surface area (Å²) in [5.74, 6) is 0. The van der Waals surface area contributed by atoms with Gasteiger partial charge in [-0.1, -0.05) is 36.4 Å². The maximum absolute atomic E-state index is 12.3. The first-order chi connectivity index (χ1) is 10.5. The van der Waals surface area contributed by atoms with Gasteiger partial charge in [-0.15, -0.1) is 0 Å². The predicted molar refractivity (Wildman–Crippen MR) is 89.8 cm³/mol. The van der Waals surface area contributed by atoms with Crippen molar-refractivity contribution in [2.45, 2.75) is 19.8 Å². The average molecular weight is 311 g/mol. The van der Waals surface area contributed by atoms with Crippen LogP contribution >= 0.6 is 0 Å². The van der Waals surface area contributed by atoms with Crippen LogP contribution in [0.25, 0.3) is 22.0 Å². The minimum Gasteiger partial charge on any atom is -0.241 e. The summed E-state index contributed by atoms with van der Waals surface area (Å²) in [5.41, 5.74) is 6.53. The molecule has 3 nitrogen and oxygen atoms in total. The number of hydrogen-bond acceptors (Lipinski definition) is 2. The van der Waals surface area contributed by atoms with Crippen molar-refractivity contribution in [3.63, 3.8) is 0 Å². The summed E-state index contributed by atoms with van der Waals surface area (Å²) in [6.45, 7) is 2.10. The van der Waals surface area contributed by atoms with Crippen LogP contribution in [0, 0.1) is 6.92 Å². The van der Waals surface area contributed by atoms with Crippen molar-refractivity contribution in [3.05, 3.63) is 59.3 Å². The monoisotopic (exact) mass is 311 g/mol. The van der Waals surface area contributed by atoms with Crippen LogP contribution in [0.1, 0.15) is 16.8 Å². The SMILES string of the molecule is Cc1cccc2c1-c1c(n(S(C)(=O)=O)c3ccccc13)CC2. The molecule has 0 spiro atoms. The van der Waals surface area contributed by atoms with Crippen molar-refractivity contribution in [3.8, 4) is 11.1 Å². The summed E-state index contributed by atoms with van der Waals surface area (Å²) >= 11 is 0. The average Bonchev–Trinajstić information content (AvgIpc) is 2.81. The van der Waals surface area contributed by atoms with E-state index in [9.17, 15) is 8.42 Å². The Morgan fingerprint density at radius 1 is 0.955 bits per heavy atom. The molecule has 1 aromatic heterocycles. The van der Waals surface area contributed by atoms with Gasteiger partial charge in [0.2, 0.25) is 10.0 Å². The molecule has 0 unspecified atom stereocenters. The molecule has 0 saturated heterocycles. The molecule has 0 fully saturated rings. The lowest BCUT2D eigenvalue weighted by molar-refractivity contribution is 0.592. The Morgan fingerprint density at radius 3 is 2.50 bits per heavy atom. The number of benzene rings is 2. The highest BCUT2D eigenvalue weighted by Crippen LogP contribution is 2.42. The van der Waals surface area contributed by atoms with Gasteiger partial charge in [0.05, 0.1) is 11.8 Å². The van der Waals surface area contributed by atoms with Crippen LogP contribution in [0.2, 0.25) is 0 Å². The smallest absolute Gasteiger partial charge is 0.236 e. The molecule has 112 valence electrons. The minimum absolute atomic E-state index is 0.757. The molecular weight excluding hydrogens is 294 g/mol. The number of aromatic nitrogens is 1. The molecule has 4 rings (SSSR count). The molecule has 4 heteroatoms. The molecular formula is C18H17NO2S. The van der Waals surface area contributed by atoms with Gasteiger partial charge >= 0.3 is 0 Å². The largest absolute Gasteiger partial charge is 0.241 e. The third kappa shape index (κ3) is 1.77. The molecule has 0 N–H and O–H groups in total. The van der Waals surface area contributed by atoms with Gasteiger partial charge in [-0.3, -0.25) is 0 Å². The van der Waals surface area contributed by atoms with Crippen LogP contribution in [-0.2, 0) is 22.9 Å². The van der Waals surface area contributed by atoms with Crippen LogP contribution < -0.4 is 0 Å². The number of para-hydroxylation sites is 1. The van der Waals surface area contributed by atoms with Gasteiger partial charge in [0.15, 0.2) is 0 Å². The zero-order valence-electron chi connectivity index (χ0n) is 12.6. The molecule has 0 radical (unpaired) electrons. The van der Waals surface area contributed by atoms with E-state index >= 15 is 0 Å². The van der Waals surface area contributed by atoms with Gasteiger partial charge in [0, 0.05) is 16.6 Å². The summed E-state index contributed by atoms with van der Waals surface area (Å²) in [6.07, 6.45) is 2.93. The molecule has 0 atom stereocenters. The summed E-state index contributed by atoms with van der Waals surface area (Å²) in [5, 5.41) is 1.03. The molecule has 1 aliphatic carbocycles. The molecule has 0 saturated carbocycles. The molecule has 0 aliphatic heterocycles. The van der Waals surface area contributed by atoms with E-state index in [2.05, 4.69) is 25.1 Å². The Balaban J connectivity index is 2.24. The van der Waals surface area contributed by atoms with Crippen LogP contribution in [0.5, 0.6) is 0 Å². The zero-order chi connectivity index (χ0) is 15.5. The molecule has 1 aliphatic rings. The fraction of sp³-hybridized carbons (Fsp3) is 0.222. The maximum atomic E-state index is 12.3. The first-order valence-electron chi connectivity index (χ1n) is 7.40. The number of hydrogen-bond donors (Lipinski definition) is 0. The highest BCUT2D eigenvalue weighted by Gasteiger charge is 2.28. The van der Waals surface area contributed by atoms with E-state index in [0.29, 0.717) is 0 Å². The number of rotatable bonds is 1. The van der Waals surface area contributed by atoms with Crippen molar-refractivity contribution >= 4 is 20.9 Å². The van der Waals surface area contributed by atoms with E-state index in [4.69, 9.17) is 0 Å². The zero-order valence-corrected chi connectivity index (χ0v) is 13.4. The number of nitrogens with zero attached hydrogens (tertiary/aromatic N) is 1. The fourth-order valence-corrected chi connectivity index (χ4v) is 4.80. The van der Waals surface area contributed by atoms with Crippen molar-refractivity contribution in [1.29, 1.82) is 0 Å². The van der Waals surface area contributed by atoms with Crippen molar-refractivity contribution < 1.29 is 8.42 Å². The van der Waals surface area contributed by atoms with Gasteiger partial charge in [-0.25, -0.2) is 12.4 Å². The van der Waals surface area contributed by atoms with Gasteiger partial charge in [0.1, 0.15) is 0 Å². The van der Waals surface area contributed by atoms with Crippen molar-refractivity contribution in [2.75, 3.05) is 6.26 Å². The maximum Gasteiger partial charge on any atom is 0.236 e. The van der Waals surface area contributed by atoms with Gasteiger partial charge in [-0.05, 0) is 42.5 Å². The van der Waals surface area contributed by atoms with Crippen molar-refractivity contribution in [2.24, 2.45) is 0 Å². The quantitative estimate of drug-likeness (QED) is 0.690. The van der Waals surface area contributed by atoms with Gasteiger partial charge in [-0.2, -0.15) is 0 Å². The summed E-state index contributed by atoms with van der Waals surface area (Å²) < 4.78 is 26.2. The third-order valence-electron chi connectivity index (χ3n) is 4.50. The summed E-state index contributed by atoms with van der Waals surface area (Å²) in [6, 6.07) is 14.1. The second-order valence-electron chi connectivity index (χ2n) is 5.98. The third-order valence-corrected chi connectivity index (χ3v) is 5.58. The van der Waals surface area contributed by atoms with Crippen LogP contribution in [-0.4, -0.2) is 18.6 Å². The Morgan fingerprint density at radius 2 is 1.73 bits per heavy atom. The summed E-state index contributed by atoms with van der Waals surface area (Å²) in [4.78, 5) is 0. The second kappa shape index (κ2) is 4.46. The first-order valence-corrected chi connectivity index (χ1v) is 9.25. The topological polar surface area (TPSA) is 39.1 Å². The van der Waals surface area contributed by atoms with Crippen LogP contribution in [0.4, 0.5) is 0 Å². The highest BCUT2D eigenvalue weighted by molar-refractivity contribution is 7.89. The van der Waals surface area contributed by atoms with Crippen LogP contribution in [0.15, 0.2) is 42.5 Å². The van der Waals surface area contributed by atoms with Gasteiger partial charge < -0.3 is 0 Å². The van der Waals surface area contributed by atoms with E-state index in [1.165, 1.54) is 26.9 Å². The highest BCUT2D eigenvalue weighted by atomic mass is 32.2. The Kier molecular flexibility index (Phi) is 2.76. The lowest BCUT2D eigenvalue weighted by Gasteiger charge is -2.20. The minimum atomic E-state index is -3.33. The normalized spacial score (nSPS) is 13.9. The standard InChI is InChI=1S/C18H17NO2S/c1-12-6-5-7-13-10-11-16-18(17(12)13)14-8-3-4-9-15(14)19(16)22(2,20)21/h3-9H,10-11H2,1-2H3. The van der Waals surface area contributed by atoms with Gasteiger partial charge in [0.25, 0.3) is 0 Å². The van der Waals surface area contributed by atoms with Crippen LogP contribution in [0.3, 0.4) is 0 Å². The molecule has 1 heterocycles. The predicted octanol–water partition coefficient (Wildman–Crippen LogP) is 3.52. The second-order valence-corrected chi connectivity index (χ2v) is 7.81. The Labute approximate surface area is 130 Å². The van der Waals surface area contributed by atoms with E-state index in [0.717, 1.165) is 35.0 Å². The Hall–Kier alpha value is -2.07. The van der Waals surface area contributed by atoms with E-state index < -0.39 is 10.0 Å². The lowest BCUT2D eigenvalue weighted by Crippen LogP contribution is -2.16. The van der Waals surface area contributed by atoms with Crippen molar-refractivity contribution in [1.82, 2.24) is 3.97 Å².